The van der Waals surface area contributed by atoms with Gasteiger partial charge in [-0.1, -0.05) is 40.0 Å². The number of hydrogen-bond donors (Lipinski definition) is 0. The fourth-order valence-corrected chi connectivity index (χ4v) is 7.88. The van der Waals surface area contributed by atoms with Crippen LogP contribution in [-0.2, 0) is 4.79 Å². The Bertz CT molecular complexity index is 469. The summed E-state index contributed by atoms with van der Waals surface area (Å²) in [5.74, 6) is 4.30. The highest BCUT2D eigenvalue weighted by atomic mass is 16.1. The molecule has 7 atom stereocenters. The van der Waals surface area contributed by atoms with E-state index in [1.807, 2.05) is 0 Å². The number of fused-ring (bicyclic) bond motifs is 5. The van der Waals surface area contributed by atoms with Crippen molar-refractivity contribution in [1.82, 2.24) is 0 Å². The van der Waals surface area contributed by atoms with Crippen LogP contribution in [0.5, 0.6) is 0 Å². The summed E-state index contributed by atoms with van der Waals surface area (Å²) in [5, 5.41) is 0. The van der Waals surface area contributed by atoms with Gasteiger partial charge in [0.15, 0.2) is 0 Å². The van der Waals surface area contributed by atoms with Gasteiger partial charge >= 0.3 is 0 Å². The normalized spacial score (nSPS) is 54.5. The first kappa shape index (κ1) is 15.2. The number of rotatable bonds is 1. The van der Waals surface area contributed by atoms with Gasteiger partial charge in [0.25, 0.3) is 0 Å². The summed E-state index contributed by atoms with van der Waals surface area (Å²) in [5.41, 5.74) is 0.689. The highest BCUT2D eigenvalue weighted by Gasteiger charge is 2.62. The van der Waals surface area contributed by atoms with Crippen LogP contribution in [0.2, 0.25) is 0 Å². The van der Waals surface area contributed by atoms with Crippen LogP contribution in [0.1, 0.15) is 85.0 Å². The van der Waals surface area contributed by atoms with Crippen LogP contribution in [0.3, 0.4) is 0 Å². The molecule has 0 aromatic carbocycles. The molecular formula is C21H34O. The first-order valence-electron chi connectivity index (χ1n) is 10.0. The van der Waals surface area contributed by atoms with Crippen molar-refractivity contribution in [3.05, 3.63) is 0 Å². The van der Waals surface area contributed by atoms with E-state index in [9.17, 15) is 4.79 Å². The maximum absolute atomic E-state index is 13.3. The Labute approximate surface area is 136 Å². The van der Waals surface area contributed by atoms with Crippen molar-refractivity contribution in [2.24, 2.45) is 40.4 Å². The van der Waals surface area contributed by atoms with Crippen molar-refractivity contribution in [2.75, 3.05) is 0 Å². The molecule has 0 aromatic heterocycles. The minimum Gasteiger partial charge on any atom is -0.299 e. The first-order valence-corrected chi connectivity index (χ1v) is 10.0. The summed E-state index contributed by atoms with van der Waals surface area (Å²) < 4.78 is 0. The number of carbonyl (C=O) groups is 1. The van der Waals surface area contributed by atoms with E-state index in [1.54, 1.807) is 0 Å². The molecule has 0 spiro atoms. The molecule has 0 radical (unpaired) electrons. The fraction of sp³-hybridized carbons (Fsp3) is 0.952. The third kappa shape index (κ3) is 1.86. The molecule has 0 aromatic rings. The molecule has 0 heterocycles. The van der Waals surface area contributed by atoms with E-state index in [1.165, 1.54) is 57.8 Å². The lowest BCUT2D eigenvalue weighted by atomic mass is 9.44. The van der Waals surface area contributed by atoms with Gasteiger partial charge in [0.1, 0.15) is 5.78 Å². The summed E-state index contributed by atoms with van der Waals surface area (Å²) >= 11 is 0. The van der Waals surface area contributed by atoms with Crippen LogP contribution < -0.4 is 0 Å². The summed E-state index contributed by atoms with van der Waals surface area (Å²) in [6.45, 7) is 7.32. The lowest BCUT2D eigenvalue weighted by molar-refractivity contribution is -0.157. The van der Waals surface area contributed by atoms with Gasteiger partial charge in [0.2, 0.25) is 0 Å². The van der Waals surface area contributed by atoms with Gasteiger partial charge in [0.05, 0.1) is 0 Å². The molecule has 4 saturated carbocycles. The van der Waals surface area contributed by atoms with Gasteiger partial charge in [-0.25, -0.2) is 0 Å². The van der Waals surface area contributed by atoms with E-state index in [0.717, 1.165) is 30.1 Å². The largest absolute Gasteiger partial charge is 0.299 e. The average molecular weight is 303 g/mol. The molecule has 0 aliphatic heterocycles. The van der Waals surface area contributed by atoms with Crippen LogP contribution >= 0.6 is 0 Å². The Morgan fingerprint density at radius 3 is 2.59 bits per heavy atom. The molecule has 0 saturated heterocycles. The Morgan fingerprint density at radius 1 is 1.00 bits per heavy atom. The summed E-state index contributed by atoms with van der Waals surface area (Å²) in [6.07, 6.45) is 13.2. The predicted octanol–water partition coefficient (Wildman–Crippen LogP) is 5.62. The van der Waals surface area contributed by atoms with Crippen LogP contribution in [0, 0.1) is 40.4 Å². The van der Waals surface area contributed by atoms with Crippen molar-refractivity contribution in [3.63, 3.8) is 0 Å². The molecule has 1 heteroatoms. The zero-order valence-corrected chi connectivity index (χ0v) is 14.9. The van der Waals surface area contributed by atoms with Gasteiger partial charge in [-0.05, 0) is 73.0 Å². The zero-order chi connectivity index (χ0) is 15.5. The van der Waals surface area contributed by atoms with E-state index < -0.39 is 0 Å². The quantitative estimate of drug-likeness (QED) is 0.614. The lowest BCUT2D eigenvalue weighted by Crippen LogP contribution is -2.56. The number of Topliss-reactive ketones (excluding diaryl/α,β-unsaturated/α-hetero) is 1. The van der Waals surface area contributed by atoms with Gasteiger partial charge in [0, 0.05) is 12.3 Å². The molecule has 4 rings (SSSR count). The van der Waals surface area contributed by atoms with Crippen LogP contribution in [0.25, 0.3) is 0 Å². The molecule has 1 nitrogen and oxygen atoms in total. The van der Waals surface area contributed by atoms with Crippen LogP contribution in [-0.4, -0.2) is 5.78 Å². The maximum Gasteiger partial charge on any atom is 0.137 e. The Balaban J connectivity index is 1.69. The second-order valence-electron chi connectivity index (χ2n) is 9.61. The van der Waals surface area contributed by atoms with Crippen molar-refractivity contribution in [1.29, 1.82) is 0 Å². The topological polar surface area (TPSA) is 17.1 Å². The smallest absolute Gasteiger partial charge is 0.137 e. The highest BCUT2D eigenvalue weighted by molar-refractivity contribution is 5.84. The summed E-state index contributed by atoms with van der Waals surface area (Å²) in [6, 6.07) is 0. The first-order chi connectivity index (χ1) is 10.5. The van der Waals surface area contributed by atoms with Crippen molar-refractivity contribution in [3.8, 4) is 0 Å². The van der Waals surface area contributed by atoms with E-state index in [0.29, 0.717) is 22.5 Å². The molecule has 0 bridgehead atoms. The minimum absolute atomic E-state index is 0.338. The van der Waals surface area contributed by atoms with Crippen LogP contribution in [0.4, 0.5) is 0 Å². The van der Waals surface area contributed by atoms with Gasteiger partial charge in [-0.3, -0.25) is 4.79 Å². The van der Waals surface area contributed by atoms with Gasteiger partial charge in [-0.15, -0.1) is 0 Å². The predicted molar refractivity (Wildman–Crippen MR) is 90.5 cm³/mol. The average Bonchev–Trinajstić information content (AvgIpc) is 2.82. The van der Waals surface area contributed by atoms with Crippen LogP contribution in [0.15, 0.2) is 0 Å². The molecule has 0 unspecified atom stereocenters. The minimum atomic E-state index is 0.338. The molecule has 0 N–H and O–H groups in total. The lowest BCUT2D eigenvalue weighted by Gasteiger charge is -2.59. The molecule has 22 heavy (non-hydrogen) atoms. The van der Waals surface area contributed by atoms with E-state index >= 15 is 0 Å². The summed E-state index contributed by atoms with van der Waals surface area (Å²) in [4.78, 5) is 13.3. The fourth-order valence-electron chi connectivity index (χ4n) is 7.88. The monoisotopic (exact) mass is 302 g/mol. The Hall–Kier alpha value is -0.330. The maximum atomic E-state index is 13.3. The third-order valence-corrected chi connectivity index (χ3v) is 8.96. The Kier molecular flexibility index (Phi) is 3.51. The van der Waals surface area contributed by atoms with E-state index in [4.69, 9.17) is 0 Å². The highest BCUT2D eigenvalue weighted by Crippen LogP contribution is 2.66. The molecule has 4 aliphatic carbocycles. The van der Waals surface area contributed by atoms with Crippen molar-refractivity contribution >= 4 is 5.78 Å². The number of hydrogen-bond acceptors (Lipinski definition) is 1. The molecule has 4 aliphatic rings. The SMILES string of the molecule is CC[C@@H]1CC[C@@H]2[C@H]3CC[C@@H]4CCCC[C@]4(C)[C@@H]3C(=O)C[C@]12C. The molecular weight excluding hydrogens is 268 g/mol. The number of ketones is 1. The molecule has 4 fully saturated rings. The summed E-state index contributed by atoms with van der Waals surface area (Å²) in [7, 11) is 0. The second-order valence-corrected chi connectivity index (χ2v) is 9.61. The molecule has 0 amide bonds. The Morgan fingerprint density at radius 2 is 1.82 bits per heavy atom. The van der Waals surface area contributed by atoms with E-state index in [2.05, 4.69) is 20.8 Å². The van der Waals surface area contributed by atoms with Gasteiger partial charge < -0.3 is 0 Å². The van der Waals surface area contributed by atoms with E-state index in [-0.39, 0.29) is 0 Å². The van der Waals surface area contributed by atoms with Gasteiger partial charge in [-0.2, -0.15) is 0 Å². The third-order valence-electron chi connectivity index (χ3n) is 8.96. The second kappa shape index (κ2) is 5.08. The number of carbonyl (C=O) groups excluding carboxylic acids is 1. The zero-order valence-electron chi connectivity index (χ0n) is 14.9. The van der Waals surface area contributed by atoms with Crippen molar-refractivity contribution in [2.45, 2.75) is 85.0 Å². The van der Waals surface area contributed by atoms with Crippen molar-refractivity contribution < 1.29 is 4.79 Å². The standard InChI is InChI=1S/C21H34O/c1-4-14-9-11-17-16-10-8-15-7-5-6-12-20(15,2)19(16)18(22)13-21(14,17)3/h14-17,19H,4-13H2,1-3H3/t14-,15+,16-,17-,19+,20+,21-/m1/s1. The molecule has 124 valence electrons.